The summed E-state index contributed by atoms with van der Waals surface area (Å²) in [6, 6.07) is 4.08. The molecular weight excluding hydrogens is 248 g/mol. The normalized spacial score (nSPS) is 11.5. The molecule has 5 heteroatoms. The average Bonchev–Trinajstić information content (AvgIpc) is 2.68. The third-order valence-corrected chi connectivity index (χ3v) is 4.30. The van der Waals surface area contributed by atoms with E-state index in [-0.39, 0.29) is 5.97 Å². The number of hydrogen-bond acceptors (Lipinski definition) is 5. The molecular formula is C10H12O2S3. The Kier molecular flexibility index (Phi) is 5.90. The van der Waals surface area contributed by atoms with Gasteiger partial charge in [0.1, 0.15) is 5.94 Å². The highest BCUT2D eigenvalue weighted by Gasteiger charge is 1.99. The van der Waals surface area contributed by atoms with Gasteiger partial charge in [-0.1, -0.05) is 17.8 Å². The summed E-state index contributed by atoms with van der Waals surface area (Å²) in [6.07, 6.45) is 4.11. The number of thioether (sulfide) groups is 2. The molecule has 0 saturated heterocycles. The first-order chi connectivity index (χ1) is 7.22. The molecule has 1 aromatic heterocycles. The van der Waals surface area contributed by atoms with Crippen molar-refractivity contribution in [2.24, 2.45) is 0 Å². The summed E-state index contributed by atoms with van der Waals surface area (Å²) < 4.78 is 6.02. The number of ether oxygens (including phenoxy) is 1. The van der Waals surface area contributed by atoms with Gasteiger partial charge in [-0.3, -0.25) is 4.79 Å². The Morgan fingerprint density at radius 1 is 1.67 bits per heavy atom. The summed E-state index contributed by atoms with van der Waals surface area (Å²) in [6.45, 7) is 1.42. The van der Waals surface area contributed by atoms with Gasteiger partial charge in [0.2, 0.25) is 0 Å². The Bertz CT molecular complexity index is 330. The van der Waals surface area contributed by atoms with Crippen molar-refractivity contribution < 1.29 is 9.53 Å². The molecule has 1 heterocycles. The van der Waals surface area contributed by atoms with Gasteiger partial charge >= 0.3 is 5.97 Å². The fraction of sp³-hybridized carbons (Fsp3) is 0.300. The van der Waals surface area contributed by atoms with Crippen molar-refractivity contribution in [3.8, 4) is 0 Å². The number of thiophene rings is 1. The van der Waals surface area contributed by atoms with Crippen LogP contribution in [0.5, 0.6) is 0 Å². The lowest BCUT2D eigenvalue weighted by molar-refractivity contribution is -0.138. The molecule has 0 spiro atoms. The van der Waals surface area contributed by atoms with Gasteiger partial charge in [-0.15, -0.1) is 23.1 Å². The summed E-state index contributed by atoms with van der Waals surface area (Å²) in [7, 11) is 0. The molecule has 0 aliphatic rings. The zero-order valence-corrected chi connectivity index (χ0v) is 11.0. The van der Waals surface area contributed by atoms with Crippen LogP contribution in [0.2, 0.25) is 0 Å². The van der Waals surface area contributed by atoms with Crippen molar-refractivity contribution in [3.63, 3.8) is 0 Å². The molecule has 0 amide bonds. The van der Waals surface area contributed by atoms with Crippen LogP contribution in [0, 0.1) is 0 Å². The van der Waals surface area contributed by atoms with Crippen molar-refractivity contribution in [2.75, 3.05) is 12.2 Å². The van der Waals surface area contributed by atoms with E-state index in [0.29, 0.717) is 5.94 Å². The zero-order chi connectivity index (χ0) is 11.1. The van der Waals surface area contributed by atoms with Gasteiger partial charge in [-0.25, -0.2) is 0 Å². The Hall–Kier alpha value is -0.390. The molecule has 82 valence electrons. The van der Waals surface area contributed by atoms with E-state index in [1.54, 1.807) is 23.1 Å². The minimum Gasteiger partial charge on any atom is -0.454 e. The first kappa shape index (κ1) is 12.7. The van der Waals surface area contributed by atoms with E-state index in [4.69, 9.17) is 4.74 Å². The predicted molar refractivity (Wildman–Crippen MR) is 70.0 cm³/mol. The largest absolute Gasteiger partial charge is 0.454 e. The molecule has 2 nitrogen and oxygen atoms in total. The fourth-order valence-corrected chi connectivity index (χ4v) is 3.04. The summed E-state index contributed by atoms with van der Waals surface area (Å²) in [5.74, 6) is 0.145. The third-order valence-electron chi connectivity index (χ3n) is 1.47. The van der Waals surface area contributed by atoms with E-state index in [0.717, 1.165) is 4.24 Å². The molecule has 0 bridgehead atoms. The lowest BCUT2D eigenvalue weighted by Crippen LogP contribution is -1.96. The van der Waals surface area contributed by atoms with Gasteiger partial charge in [-0.05, 0) is 23.8 Å². The molecule has 0 radical (unpaired) electrons. The second-order valence-electron chi connectivity index (χ2n) is 2.58. The van der Waals surface area contributed by atoms with E-state index >= 15 is 0 Å². The summed E-state index contributed by atoms with van der Waals surface area (Å²) in [4.78, 5) is 11.8. The topological polar surface area (TPSA) is 26.3 Å². The number of carbonyl (C=O) groups excluding carboxylic acids is 1. The Morgan fingerprint density at radius 3 is 3.00 bits per heavy atom. The van der Waals surface area contributed by atoms with Crippen LogP contribution in [-0.4, -0.2) is 18.2 Å². The summed E-state index contributed by atoms with van der Waals surface area (Å²) >= 11 is 4.89. The fourth-order valence-electron chi connectivity index (χ4n) is 0.820. The van der Waals surface area contributed by atoms with Crippen molar-refractivity contribution in [2.45, 2.75) is 6.92 Å². The van der Waals surface area contributed by atoms with E-state index < -0.39 is 0 Å². The zero-order valence-electron chi connectivity index (χ0n) is 8.56. The minimum absolute atomic E-state index is 0.237. The number of esters is 1. The number of carbonyl (C=O) groups is 1. The molecule has 1 rings (SSSR count). The number of hydrogen-bond donors (Lipinski definition) is 0. The van der Waals surface area contributed by atoms with Crippen molar-refractivity contribution in [1.29, 1.82) is 0 Å². The van der Waals surface area contributed by atoms with Gasteiger partial charge in [0, 0.05) is 16.0 Å². The lowest BCUT2D eigenvalue weighted by Gasteiger charge is -2.03. The van der Waals surface area contributed by atoms with Crippen LogP contribution < -0.4 is 0 Å². The number of rotatable bonds is 5. The van der Waals surface area contributed by atoms with Crippen LogP contribution in [0.1, 0.15) is 11.8 Å². The van der Waals surface area contributed by atoms with E-state index in [2.05, 4.69) is 12.1 Å². The van der Waals surface area contributed by atoms with Gasteiger partial charge in [-0.2, -0.15) is 0 Å². The van der Waals surface area contributed by atoms with Crippen LogP contribution >= 0.6 is 34.9 Å². The molecule has 0 aliphatic carbocycles. The van der Waals surface area contributed by atoms with Crippen LogP contribution in [0.4, 0.5) is 0 Å². The summed E-state index contributed by atoms with van der Waals surface area (Å²) in [5, 5.41) is 2.04. The molecule has 1 aromatic rings. The van der Waals surface area contributed by atoms with Crippen LogP contribution in [0.25, 0.3) is 6.08 Å². The Morgan fingerprint density at radius 2 is 2.47 bits per heavy atom. The van der Waals surface area contributed by atoms with Gasteiger partial charge in [0.15, 0.2) is 0 Å². The maximum atomic E-state index is 10.6. The minimum atomic E-state index is -0.237. The smallest absolute Gasteiger partial charge is 0.303 e. The Labute approximate surface area is 102 Å². The highest BCUT2D eigenvalue weighted by molar-refractivity contribution is 8.22. The quantitative estimate of drug-likeness (QED) is 0.596. The predicted octanol–water partition coefficient (Wildman–Crippen LogP) is 3.66. The maximum absolute atomic E-state index is 10.6. The molecule has 0 atom stereocenters. The SMILES string of the molecule is CS/C(=C\c1cccs1)SCOC(C)=O. The van der Waals surface area contributed by atoms with Crippen molar-refractivity contribution in [1.82, 2.24) is 0 Å². The highest BCUT2D eigenvalue weighted by atomic mass is 32.2. The van der Waals surface area contributed by atoms with Crippen LogP contribution in [-0.2, 0) is 9.53 Å². The lowest BCUT2D eigenvalue weighted by atomic mass is 10.5. The average molecular weight is 260 g/mol. The monoisotopic (exact) mass is 260 g/mol. The molecule has 15 heavy (non-hydrogen) atoms. The van der Waals surface area contributed by atoms with Crippen molar-refractivity contribution in [3.05, 3.63) is 26.6 Å². The van der Waals surface area contributed by atoms with Crippen LogP contribution in [0.3, 0.4) is 0 Å². The highest BCUT2D eigenvalue weighted by Crippen LogP contribution is 2.29. The maximum Gasteiger partial charge on any atom is 0.303 e. The molecule has 0 aromatic carbocycles. The van der Waals surface area contributed by atoms with Crippen molar-refractivity contribution >= 4 is 46.9 Å². The first-order valence-electron chi connectivity index (χ1n) is 4.27. The van der Waals surface area contributed by atoms with Gasteiger partial charge in [0.05, 0.1) is 0 Å². The van der Waals surface area contributed by atoms with Crippen LogP contribution in [0.15, 0.2) is 21.7 Å². The molecule has 0 saturated carbocycles. The first-order valence-corrected chi connectivity index (χ1v) is 7.36. The molecule has 0 unspecified atom stereocenters. The third kappa shape index (κ3) is 5.30. The van der Waals surface area contributed by atoms with E-state index in [1.807, 2.05) is 17.7 Å². The van der Waals surface area contributed by atoms with Gasteiger partial charge < -0.3 is 4.74 Å². The Balaban J connectivity index is 2.45. The second kappa shape index (κ2) is 6.98. The summed E-state index contributed by atoms with van der Waals surface area (Å²) in [5.41, 5.74) is 0. The van der Waals surface area contributed by atoms with E-state index in [9.17, 15) is 4.79 Å². The molecule has 0 N–H and O–H groups in total. The molecule has 0 fully saturated rings. The van der Waals surface area contributed by atoms with E-state index in [1.165, 1.54) is 23.6 Å². The van der Waals surface area contributed by atoms with Gasteiger partial charge in [0.25, 0.3) is 0 Å². The second-order valence-corrected chi connectivity index (χ2v) is 5.63. The molecule has 0 aliphatic heterocycles. The standard InChI is InChI=1S/C10H12O2S3/c1-8(11)12-7-15-10(13-2)6-9-4-3-5-14-9/h3-6H,7H2,1-2H3/b10-6+.